The predicted octanol–water partition coefficient (Wildman–Crippen LogP) is 3.41. The van der Waals surface area contributed by atoms with Gasteiger partial charge in [-0.05, 0) is 18.2 Å². The zero-order chi connectivity index (χ0) is 13.8. The van der Waals surface area contributed by atoms with Gasteiger partial charge in [0.15, 0.2) is 0 Å². The Kier molecular flexibility index (Phi) is 4.30. The Morgan fingerprint density at radius 1 is 0.947 bits per heavy atom. The highest BCUT2D eigenvalue weighted by Gasteiger charge is 2.17. The van der Waals surface area contributed by atoms with Crippen LogP contribution in [0.4, 0.5) is 0 Å². The van der Waals surface area contributed by atoms with Gasteiger partial charge in [-0.15, -0.1) is 0 Å². The minimum atomic E-state index is -0.330. The van der Waals surface area contributed by atoms with E-state index in [1.807, 2.05) is 30.3 Å². The van der Waals surface area contributed by atoms with Crippen LogP contribution in [0.5, 0.6) is 11.5 Å². The molecule has 0 saturated carbocycles. The lowest BCUT2D eigenvalue weighted by atomic mass is 9.98. The van der Waals surface area contributed by atoms with Crippen molar-refractivity contribution in [2.24, 2.45) is 5.73 Å². The maximum atomic E-state index is 6.32. The molecule has 4 heteroatoms. The van der Waals surface area contributed by atoms with Crippen molar-refractivity contribution < 1.29 is 9.47 Å². The molecule has 2 aromatic rings. The second kappa shape index (κ2) is 5.95. The van der Waals surface area contributed by atoms with Crippen LogP contribution in [-0.4, -0.2) is 14.2 Å². The summed E-state index contributed by atoms with van der Waals surface area (Å²) >= 11 is 5.96. The quantitative estimate of drug-likeness (QED) is 0.931. The van der Waals surface area contributed by atoms with E-state index >= 15 is 0 Å². The molecule has 3 nitrogen and oxygen atoms in total. The molecule has 0 aromatic heterocycles. The maximum Gasteiger partial charge on any atom is 0.125 e. The molecule has 19 heavy (non-hydrogen) atoms. The summed E-state index contributed by atoms with van der Waals surface area (Å²) in [6, 6.07) is 12.8. The molecular weight excluding hydrogens is 262 g/mol. The van der Waals surface area contributed by atoms with Crippen molar-refractivity contribution >= 4 is 11.6 Å². The average molecular weight is 278 g/mol. The Morgan fingerprint density at radius 2 is 1.58 bits per heavy atom. The molecule has 0 amide bonds. The molecule has 2 rings (SSSR count). The van der Waals surface area contributed by atoms with Crippen molar-refractivity contribution in [2.45, 2.75) is 6.04 Å². The van der Waals surface area contributed by atoms with Crippen LogP contribution in [0, 0.1) is 0 Å². The summed E-state index contributed by atoms with van der Waals surface area (Å²) in [4.78, 5) is 0. The normalized spacial score (nSPS) is 12.0. The fourth-order valence-electron chi connectivity index (χ4n) is 2.03. The largest absolute Gasteiger partial charge is 0.496 e. The van der Waals surface area contributed by atoms with Crippen molar-refractivity contribution in [3.05, 3.63) is 58.6 Å². The number of ether oxygens (including phenoxy) is 2. The highest BCUT2D eigenvalue weighted by atomic mass is 35.5. The molecule has 2 N–H and O–H groups in total. The van der Waals surface area contributed by atoms with Crippen molar-refractivity contribution in [3.8, 4) is 11.5 Å². The highest BCUT2D eigenvalue weighted by Crippen LogP contribution is 2.34. The molecule has 1 unspecified atom stereocenters. The van der Waals surface area contributed by atoms with Gasteiger partial charge >= 0.3 is 0 Å². The van der Waals surface area contributed by atoms with E-state index in [0.29, 0.717) is 10.8 Å². The molecule has 1 atom stereocenters. The first-order valence-corrected chi connectivity index (χ1v) is 6.27. The molecule has 0 bridgehead atoms. The van der Waals surface area contributed by atoms with Gasteiger partial charge in [-0.2, -0.15) is 0 Å². The number of halogens is 1. The van der Waals surface area contributed by atoms with Crippen molar-refractivity contribution in [3.63, 3.8) is 0 Å². The van der Waals surface area contributed by atoms with E-state index in [0.717, 1.165) is 16.9 Å². The van der Waals surface area contributed by atoms with Crippen molar-refractivity contribution in [1.82, 2.24) is 0 Å². The number of para-hydroxylation sites is 1. The van der Waals surface area contributed by atoms with Gasteiger partial charge in [-0.1, -0.05) is 35.9 Å². The topological polar surface area (TPSA) is 44.5 Å². The molecular formula is C15H16ClNO2. The van der Waals surface area contributed by atoms with E-state index in [-0.39, 0.29) is 6.04 Å². The van der Waals surface area contributed by atoms with Gasteiger partial charge in [0.25, 0.3) is 0 Å². The summed E-state index contributed by atoms with van der Waals surface area (Å²) in [6.07, 6.45) is 0. The van der Waals surface area contributed by atoms with Crippen LogP contribution >= 0.6 is 11.6 Å². The van der Waals surface area contributed by atoms with Gasteiger partial charge in [0.1, 0.15) is 11.5 Å². The number of hydrogen-bond acceptors (Lipinski definition) is 3. The fraction of sp³-hybridized carbons (Fsp3) is 0.200. The van der Waals surface area contributed by atoms with Crippen LogP contribution in [0.15, 0.2) is 42.5 Å². The smallest absolute Gasteiger partial charge is 0.125 e. The van der Waals surface area contributed by atoms with Gasteiger partial charge in [0, 0.05) is 16.1 Å². The van der Waals surface area contributed by atoms with Crippen LogP contribution < -0.4 is 15.2 Å². The molecule has 0 aliphatic carbocycles. The van der Waals surface area contributed by atoms with Crippen molar-refractivity contribution in [2.75, 3.05) is 14.2 Å². The van der Waals surface area contributed by atoms with Crippen LogP contribution in [0.1, 0.15) is 17.2 Å². The van der Waals surface area contributed by atoms with E-state index < -0.39 is 0 Å². The number of hydrogen-bond donors (Lipinski definition) is 1. The average Bonchev–Trinajstić information content (AvgIpc) is 2.46. The van der Waals surface area contributed by atoms with E-state index in [2.05, 4.69) is 0 Å². The van der Waals surface area contributed by atoms with E-state index in [1.165, 1.54) is 0 Å². The third-order valence-electron chi connectivity index (χ3n) is 3.00. The molecule has 0 aliphatic rings. The van der Waals surface area contributed by atoms with Gasteiger partial charge in [-0.3, -0.25) is 0 Å². The maximum absolute atomic E-state index is 6.32. The zero-order valence-corrected chi connectivity index (χ0v) is 11.6. The molecule has 0 saturated heterocycles. The van der Waals surface area contributed by atoms with Gasteiger partial charge in [0.2, 0.25) is 0 Å². The Hall–Kier alpha value is -1.71. The predicted molar refractivity (Wildman–Crippen MR) is 77.0 cm³/mol. The molecule has 0 spiro atoms. The standard InChI is InChI=1S/C15H16ClNO2/c1-18-13-6-4-3-5-11(13)15(17)12-8-7-10(16)9-14(12)19-2/h3-9,15H,17H2,1-2H3. The van der Waals surface area contributed by atoms with Crippen molar-refractivity contribution in [1.29, 1.82) is 0 Å². The third kappa shape index (κ3) is 2.83. The lowest BCUT2D eigenvalue weighted by molar-refractivity contribution is 0.400. The monoisotopic (exact) mass is 277 g/mol. The van der Waals surface area contributed by atoms with E-state index in [1.54, 1.807) is 26.4 Å². The second-order valence-corrected chi connectivity index (χ2v) is 4.54. The summed E-state index contributed by atoms with van der Waals surface area (Å²) in [6.45, 7) is 0. The molecule has 0 heterocycles. The first-order chi connectivity index (χ1) is 9.17. The number of methoxy groups -OCH3 is 2. The summed E-state index contributed by atoms with van der Waals surface area (Å²) in [5.41, 5.74) is 8.10. The minimum absolute atomic E-state index is 0.330. The highest BCUT2D eigenvalue weighted by molar-refractivity contribution is 6.30. The van der Waals surface area contributed by atoms with E-state index in [4.69, 9.17) is 26.8 Å². The van der Waals surface area contributed by atoms with E-state index in [9.17, 15) is 0 Å². The van der Waals surface area contributed by atoms with Crippen LogP contribution in [0.25, 0.3) is 0 Å². The SMILES string of the molecule is COc1ccccc1C(N)c1ccc(Cl)cc1OC. The second-order valence-electron chi connectivity index (χ2n) is 4.11. The summed E-state index contributed by atoms with van der Waals surface area (Å²) in [5.74, 6) is 1.43. The Balaban J connectivity index is 2.46. The zero-order valence-electron chi connectivity index (χ0n) is 10.9. The fourth-order valence-corrected chi connectivity index (χ4v) is 2.19. The minimum Gasteiger partial charge on any atom is -0.496 e. The number of nitrogens with two attached hydrogens (primary N) is 1. The first kappa shape index (κ1) is 13.7. The van der Waals surface area contributed by atoms with Crippen LogP contribution in [0.2, 0.25) is 5.02 Å². The Labute approximate surface area is 117 Å². The molecule has 2 aromatic carbocycles. The molecule has 0 radical (unpaired) electrons. The molecule has 0 aliphatic heterocycles. The van der Waals surface area contributed by atoms with Gasteiger partial charge in [0.05, 0.1) is 20.3 Å². The summed E-state index contributed by atoms with van der Waals surface area (Å²) < 4.78 is 10.7. The van der Waals surface area contributed by atoms with Gasteiger partial charge in [-0.25, -0.2) is 0 Å². The molecule has 0 fully saturated rings. The van der Waals surface area contributed by atoms with Crippen LogP contribution in [-0.2, 0) is 0 Å². The number of benzene rings is 2. The summed E-state index contributed by atoms with van der Waals surface area (Å²) in [5, 5.41) is 0.618. The summed E-state index contributed by atoms with van der Waals surface area (Å²) in [7, 11) is 3.23. The Bertz CT molecular complexity index is 572. The van der Waals surface area contributed by atoms with Gasteiger partial charge < -0.3 is 15.2 Å². The number of rotatable bonds is 4. The first-order valence-electron chi connectivity index (χ1n) is 5.89. The molecule has 100 valence electrons. The third-order valence-corrected chi connectivity index (χ3v) is 3.24. The Morgan fingerprint density at radius 3 is 2.26 bits per heavy atom. The lowest BCUT2D eigenvalue weighted by Gasteiger charge is -2.18. The lowest BCUT2D eigenvalue weighted by Crippen LogP contribution is -2.14. The van der Waals surface area contributed by atoms with Crippen LogP contribution in [0.3, 0.4) is 0 Å².